The Kier molecular flexibility index (Phi) is 7.63. The third-order valence-electron chi connectivity index (χ3n) is 9.66. The number of hydrogen-bond acceptors (Lipinski definition) is 3. The molecule has 8 rings (SSSR count). The first-order chi connectivity index (χ1) is 24.7. The fourth-order valence-electron chi connectivity index (χ4n) is 7.45. The highest BCUT2D eigenvalue weighted by Crippen LogP contribution is 2.36. The van der Waals surface area contributed by atoms with Crippen molar-refractivity contribution >= 4 is 50.6 Å². The third kappa shape index (κ3) is 4.80. The molecule has 0 aliphatic heterocycles. The predicted octanol–water partition coefficient (Wildman–Crippen LogP) is 7.44. The summed E-state index contributed by atoms with van der Waals surface area (Å²) >= 11 is 0. The lowest BCUT2D eigenvalue weighted by molar-refractivity contribution is 1.16. The van der Waals surface area contributed by atoms with E-state index in [9.17, 15) is 15.8 Å². The van der Waals surface area contributed by atoms with Gasteiger partial charge in [0.2, 0.25) is 0 Å². The maximum absolute atomic E-state index is 10.4. The fraction of sp³-hybridized carbons (Fsp3) is 0. The van der Waals surface area contributed by atoms with Crippen molar-refractivity contribution < 1.29 is 0 Å². The molecule has 0 saturated carbocycles. The summed E-state index contributed by atoms with van der Waals surface area (Å²) in [6.45, 7) is 0. The lowest BCUT2D eigenvalue weighted by Crippen LogP contribution is -2.74. The van der Waals surface area contributed by atoms with Gasteiger partial charge < -0.3 is 4.57 Å². The molecule has 7 aromatic carbocycles. The van der Waals surface area contributed by atoms with Crippen LogP contribution >= 0.6 is 0 Å². The van der Waals surface area contributed by atoms with Crippen molar-refractivity contribution in [1.29, 1.82) is 15.8 Å². The summed E-state index contributed by atoms with van der Waals surface area (Å²) in [6.07, 6.45) is 0. The first-order valence-corrected chi connectivity index (χ1v) is 18.4. The van der Waals surface area contributed by atoms with Crippen LogP contribution < -0.4 is 20.7 Å². The van der Waals surface area contributed by atoms with Gasteiger partial charge in [0, 0.05) is 10.8 Å². The van der Waals surface area contributed by atoms with Gasteiger partial charge in [0.15, 0.2) is 8.07 Å². The van der Waals surface area contributed by atoms with Gasteiger partial charge in [-0.3, -0.25) is 0 Å². The first-order valence-electron chi connectivity index (χ1n) is 16.4. The number of nitriles is 3. The van der Waals surface area contributed by atoms with Gasteiger partial charge in [-0.15, -0.1) is 0 Å². The number of fused-ring (bicyclic) bond motifs is 3. The second-order valence-corrected chi connectivity index (χ2v) is 16.1. The van der Waals surface area contributed by atoms with E-state index >= 15 is 0 Å². The smallest absolute Gasteiger partial charge is 0.179 e. The van der Waals surface area contributed by atoms with Crippen LogP contribution in [0.2, 0.25) is 0 Å². The van der Waals surface area contributed by atoms with Crippen LogP contribution in [0.15, 0.2) is 170 Å². The van der Waals surface area contributed by atoms with E-state index in [2.05, 4.69) is 133 Å². The summed E-state index contributed by atoms with van der Waals surface area (Å²) in [6, 6.07) is 65.4. The molecule has 0 saturated heterocycles. The number of para-hydroxylation sites is 1. The van der Waals surface area contributed by atoms with Crippen LogP contribution in [-0.4, -0.2) is 12.6 Å². The van der Waals surface area contributed by atoms with Gasteiger partial charge in [-0.05, 0) is 68.3 Å². The Morgan fingerprint density at radius 1 is 0.420 bits per heavy atom. The van der Waals surface area contributed by atoms with E-state index < -0.39 is 8.07 Å². The second-order valence-electron chi connectivity index (χ2n) is 12.3. The molecule has 8 aromatic rings. The van der Waals surface area contributed by atoms with Gasteiger partial charge in [-0.2, -0.15) is 15.8 Å². The van der Waals surface area contributed by atoms with E-state index in [0.29, 0.717) is 22.4 Å². The van der Waals surface area contributed by atoms with Crippen molar-refractivity contribution in [1.82, 2.24) is 4.57 Å². The second kappa shape index (κ2) is 12.6. The molecule has 5 heteroatoms. The molecule has 232 valence electrons. The van der Waals surface area contributed by atoms with Gasteiger partial charge >= 0.3 is 0 Å². The Hall–Kier alpha value is -6.97. The summed E-state index contributed by atoms with van der Waals surface area (Å²) in [5, 5.41) is 37.4. The monoisotopic (exact) mass is 652 g/mol. The van der Waals surface area contributed by atoms with Gasteiger partial charge in [0.05, 0.1) is 39.5 Å². The largest absolute Gasteiger partial charge is 0.308 e. The van der Waals surface area contributed by atoms with Crippen molar-refractivity contribution in [3.8, 4) is 35.0 Å². The number of hydrogen-bond donors (Lipinski definition) is 0. The topological polar surface area (TPSA) is 76.3 Å². The zero-order valence-electron chi connectivity index (χ0n) is 27.0. The van der Waals surface area contributed by atoms with E-state index in [0.717, 1.165) is 32.9 Å². The average molecular weight is 653 g/mol. The molecule has 0 atom stereocenters. The Morgan fingerprint density at radius 2 is 0.960 bits per heavy atom. The number of benzene rings is 7. The first kappa shape index (κ1) is 30.4. The lowest BCUT2D eigenvalue weighted by atomic mass is 9.98. The summed E-state index contributed by atoms with van der Waals surface area (Å²) in [5.74, 6) is 0. The molecule has 0 aliphatic rings. The minimum atomic E-state index is -2.70. The van der Waals surface area contributed by atoms with Crippen molar-refractivity contribution in [3.05, 3.63) is 187 Å². The van der Waals surface area contributed by atoms with Crippen molar-refractivity contribution in [3.63, 3.8) is 0 Å². The van der Waals surface area contributed by atoms with E-state index in [1.165, 1.54) is 20.7 Å². The van der Waals surface area contributed by atoms with Gasteiger partial charge in [0.1, 0.15) is 12.1 Å². The summed E-state index contributed by atoms with van der Waals surface area (Å²) in [5.41, 5.74) is 5.36. The number of aromatic nitrogens is 1. The van der Waals surface area contributed by atoms with E-state index in [4.69, 9.17) is 0 Å². The Balaban J connectivity index is 1.35. The molecule has 50 heavy (non-hydrogen) atoms. The lowest BCUT2D eigenvalue weighted by Gasteiger charge is -2.34. The molecular formula is C45H28N4Si. The van der Waals surface area contributed by atoms with Crippen molar-refractivity contribution in [2.24, 2.45) is 0 Å². The number of rotatable bonds is 6. The molecular weight excluding hydrogens is 625 g/mol. The summed E-state index contributed by atoms with van der Waals surface area (Å²) < 4.78 is 2.04. The molecule has 0 spiro atoms. The van der Waals surface area contributed by atoms with Gasteiger partial charge in [-0.25, -0.2) is 0 Å². The normalized spacial score (nSPS) is 11.1. The van der Waals surface area contributed by atoms with Crippen LogP contribution in [-0.2, 0) is 0 Å². The van der Waals surface area contributed by atoms with Crippen molar-refractivity contribution in [2.45, 2.75) is 0 Å². The minimum absolute atomic E-state index is 0.309. The fourth-order valence-corrected chi connectivity index (χ4v) is 12.2. The molecule has 0 N–H and O–H groups in total. The highest BCUT2D eigenvalue weighted by atomic mass is 28.3. The molecule has 0 unspecified atom stereocenters. The molecule has 4 nitrogen and oxygen atoms in total. The highest BCUT2D eigenvalue weighted by molar-refractivity contribution is 7.19. The quantitative estimate of drug-likeness (QED) is 0.138. The van der Waals surface area contributed by atoms with Gasteiger partial charge in [0.25, 0.3) is 0 Å². The van der Waals surface area contributed by atoms with Crippen LogP contribution in [0.4, 0.5) is 0 Å². The van der Waals surface area contributed by atoms with Crippen LogP contribution in [0.5, 0.6) is 0 Å². The summed E-state index contributed by atoms with van der Waals surface area (Å²) in [4.78, 5) is 0. The maximum Gasteiger partial charge on any atom is 0.179 e. The Labute approximate surface area is 291 Å². The highest BCUT2D eigenvalue weighted by Gasteiger charge is 2.41. The van der Waals surface area contributed by atoms with Crippen LogP contribution in [0, 0.1) is 34.0 Å². The van der Waals surface area contributed by atoms with E-state index in [-0.39, 0.29) is 0 Å². The van der Waals surface area contributed by atoms with E-state index in [1.807, 2.05) is 53.1 Å². The van der Waals surface area contributed by atoms with Crippen molar-refractivity contribution in [2.75, 3.05) is 0 Å². The van der Waals surface area contributed by atoms with Crippen LogP contribution in [0.3, 0.4) is 0 Å². The standard InChI is InChI=1S/C45H28N4Si/c46-29-32-20-25-44-41(26-32)40-18-10-11-19-43(40)49(44)45-28-34(27-35(30-47)42(45)31-48)33-21-23-39(24-22-33)50(36-12-4-1-5-13-36,37-14-6-2-7-15-37)38-16-8-3-9-17-38/h1-28H. The number of nitrogens with zero attached hydrogens (tertiary/aromatic N) is 4. The minimum Gasteiger partial charge on any atom is -0.308 e. The van der Waals surface area contributed by atoms with E-state index in [1.54, 1.807) is 6.07 Å². The molecule has 0 bridgehead atoms. The molecule has 0 fully saturated rings. The molecule has 1 heterocycles. The third-order valence-corrected chi connectivity index (χ3v) is 14.5. The Bertz CT molecular complexity index is 2560. The zero-order valence-corrected chi connectivity index (χ0v) is 28.0. The summed E-state index contributed by atoms with van der Waals surface area (Å²) in [7, 11) is -2.70. The molecule has 0 aliphatic carbocycles. The molecule has 1 aromatic heterocycles. The molecule has 0 amide bonds. The molecule has 0 radical (unpaired) electrons. The average Bonchev–Trinajstić information content (AvgIpc) is 3.52. The SMILES string of the molecule is N#Cc1ccc2c(c1)c1ccccc1n2-c1cc(-c2ccc([Si](c3ccccc3)(c3ccccc3)c3ccccc3)cc2)cc(C#N)c1C#N. The van der Waals surface area contributed by atoms with Gasteiger partial charge in [-0.1, -0.05) is 133 Å². The van der Waals surface area contributed by atoms with Crippen LogP contribution in [0.25, 0.3) is 38.6 Å². The predicted molar refractivity (Wildman–Crippen MR) is 204 cm³/mol. The van der Waals surface area contributed by atoms with Crippen LogP contribution in [0.1, 0.15) is 16.7 Å². The zero-order chi connectivity index (χ0) is 34.1. The maximum atomic E-state index is 10.4. The Morgan fingerprint density at radius 3 is 1.52 bits per heavy atom.